The van der Waals surface area contributed by atoms with Crippen LogP contribution in [0, 0.1) is 0 Å². The molecule has 1 N–H and O–H groups in total. The van der Waals surface area contributed by atoms with E-state index in [2.05, 4.69) is 5.32 Å². The van der Waals surface area contributed by atoms with Gasteiger partial charge in [-0.2, -0.15) is 11.8 Å². The highest BCUT2D eigenvalue weighted by Gasteiger charge is 2.31. The first-order valence-electron chi connectivity index (χ1n) is 7.09. The van der Waals surface area contributed by atoms with Gasteiger partial charge in [-0.25, -0.2) is 8.42 Å². The second kappa shape index (κ2) is 5.28. The molecule has 2 heterocycles. The van der Waals surface area contributed by atoms with Gasteiger partial charge < -0.3 is 10.1 Å². The Labute approximate surface area is 138 Å². The number of amides is 1. The van der Waals surface area contributed by atoms with Crippen molar-refractivity contribution in [3.05, 3.63) is 48.0 Å². The predicted octanol–water partition coefficient (Wildman–Crippen LogP) is 2.93. The summed E-state index contributed by atoms with van der Waals surface area (Å²) in [5, 5.41) is 2.95. The SMILES string of the molecule is O=C1Nc2ccccc2Oc2cc(S(=O)(=O)CC3CS3)ccc21. The van der Waals surface area contributed by atoms with Crippen LogP contribution in [0.2, 0.25) is 0 Å². The largest absolute Gasteiger partial charge is 0.454 e. The van der Waals surface area contributed by atoms with Crippen LogP contribution in [0.5, 0.6) is 11.5 Å². The lowest BCUT2D eigenvalue weighted by Gasteiger charge is -2.09. The van der Waals surface area contributed by atoms with Crippen molar-refractivity contribution in [2.45, 2.75) is 10.1 Å². The normalized spacial score (nSPS) is 19.0. The summed E-state index contributed by atoms with van der Waals surface area (Å²) >= 11 is 1.64. The molecule has 0 bridgehead atoms. The number of para-hydroxylation sites is 2. The lowest BCUT2D eigenvalue weighted by molar-refractivity contribution is 0.102. The number of carbonyl (C=O) groups excluding carboxylic acids is 1. The quantitative estimate of drug-likeness (QED) is 0.864. The van der Waals surface area contributed by atoms with Crippen molar-refractivity contribution in [2.24, 2.45) is 0 Å². The lowest BCUT2D eigenvalue weighted by Crippen LogP contribution is -2.13. The van der Waals surface area contributed by atoms with E-state index in [4.69, 9.17) is 4.74 Å². The molecule has 0 saturated carbocycles. The third kappa shape index (κ3) is 2.82. The number of carbonyl (C=O) groups is 1. The van der Waals surface area contributed by atoms with Crippen LogP contribution >= 0.6 is 11.8 Å². The molecule has 2 aliphatic rings. The highest BCUT2D eigenvalue weighted by atomic mass is 32.2. The van der Waals surface area contributed by atoms with Crippen LogP contribution in [0.4, 0.5) is 5.69 Å². The Bertz CT molecular complexity index is 904. The molecule has 2 aromatic carbocycles. The van der Waals surface area contributed by atoms with E-state index in [1.54, 1.807) is 36.0 Å². The minimum Gasteiger partial charge on any atom is -0.454 e. The Morgan fingerprint density at radius 1 is 1.17 bits per heavy atom. The molecule has 0 aromatic heterocycles. The highest BCUT2D eigenvalue weighted by molar-refractivity contribution is 8.08. The standard InChI is InChI=1S/C16H13NO4S2/c18-16-12-6-5-11(23(19,20)9-10-8-22-10)7-15(12)21-14-4-2-1-3-13(14)17-16/h1-7,10H,8-9H2,(H,17,18). The number of thioether (sulfide) groups is 1. The van der Waals surface area contributed by atoms with Gasteiger partial charge in [0.15, 0.2) is 15.6 Å². The van der Waals surface area contributed by atoms with Gasteiger partial charge in [-0.05, 0) is 24.3 Å². The van der Waals surface area contributed by atoms with Crippen LogP contribution in [0.3, 0.4) is 0 Å². The van der Waals surface area contributed by atoms with E-state index in [1.165, 1.54) is 18.2 Å². The summed E-state index contributed by atoms with van der Waals surface area (Å²) in [6.07, 6.45) is 0. The Hall–Kier alpha value is -1.99. The number of hydrogen-bond donors (Lipinski definition) is 1. The molecule has 1 saturated heterocycles. The third-order valence-electron chi connectivity index (χ3n) is 3.72. The summed E-state index contributed by atoms with van der Waals surface area (Å²) in [7, 11) is -3.37. The molecule has 0 aliphatic carbocycles. The van der Waals surface area contributed by atoms with Crippen LogP contribution in [0.25, 0.3) is 0 Å². The van der Waals surface area contributed by atoms with Crippen molar-refractivity contribution >= 4 is 33.2 Å². The molecule has 1 fully saturated rings. The monoisotopic (exact) mass is 347 g/mol. The maximum absolute atomic E-state index is 12.4. The van der Waals surface area contributed by atoms with Crippen molar-refractivity contribution in [1.82, 2.24) is 0 Å². The molecule has 118 valence electrons. The number of benzene rings is 2. The van der Waals surface area contributed by atoms with Gasteiger partial charge in [0.25, 0.3) is 5.91 Å². The molecule has 23 heavy (non-hydrogen) atoms. The summed E-state index contributed by atoms with van der Waals surface area (Å²) in [5.74, 6) is 1.45. The van der Waals surface area contributed by atoms with Crippen LogP contribution in [0.1, 0.15) is 10.4 Å². The van der Waals surface area contributed by atoms with E-state index in [9.17, 15) is 13.2 Å². The number of ether oxygens (including phenoxy) is 1. The zero-order chi connectivity index (χ0) is 16.0. The van der Waals surface area contributed by atoms with Gasteiger partial charge in [0.1, 0.15) is 5.75 Å². The van der Waals surface area contributed by atoms with Crippen LogP contribution in [-0.2, 0) is 9.84 Å². The maximum atomic E-state index is 12.4. The van der Waals surface area contributed by atoms with E-state index in [0.717, 1.165) is 5.75 Å². The van der Waals surface area contributed by atoms with Crippen molar-refractivity contribution in [3.63, 3.8) is 0 Å². The molecule has 2 aliphatic heterocycles. The van der Waals surface area contributed by atoms with Crippen LogP contribution < -0.4 is 10.1 Å². The van der Waals surface area contributed by atoms with Crippen LogP contribution in [-0.4, -0.2) is 31.1 Å². The fraction of sp³-hybridized carbons (Fsp3) is 0.188. The first kappa shape index (κ1) is 14.6. The molecule has 1 unspecified atom stereocenters. The first-order valence-corrected chi connectivity index (χ1v) is 9.80. The second-order valence-corrected chi connectivity index (χ2v) is 8.81. The summed E-state index contributed by atoms with van der Waals surface area (Å²) < 4.78 is 30.6. The summed E-state index contributed by atoms with van der Waals surface area (Å²) in [6.45, 7) is 0. The Morgan fingerprint density at radius 2 is 1.96 bits per heavy atom. The molecule has 1 amide bonds. The lowest BCUT2D eigenvalue weighted by atomic mass is 10.2. The number of rotatable bonds is 3. The number of anilines is 1. The Balaban J connectivity index is 1.77. The van der Waals surface area contributed by atoms with Gasteiger partial charge in [0.05, 0.1) is 21.9 Å². The minimum absolute atomic E-state index is 0.124. The zero-order valence-electron chi connectivity index (χ0n) is 12.0. The van der Waals surface area contributed by atoms with Crippen molar-refractivity contribution in [1.29, 1.82) is 0 Å². The molecule has 0 spiro atoms. The fourth-order valence-electron chi connectivity index (χ4n) is 2.44. The maximum Gasteiger partial charge on any atom is 0.259 e. The molecule has 0 radical (unpaired) electrons. The molecule has 2 aromatic rings. The van der Waals surface area contributed by atoms with Gasteiger partial charge in [0.2, 0.25) is 0 Å². The number of nitrogens with one attached hydrogen (secondary N) is 1. The second-order valence-electron chi connectivity index (χ2n) is 5.45. The van der Waals surface area contributed by atoms with Crippen LogP contribution in [0.15, 0.2) is 47.4 Å². The summed E-state index contributed by atoms with van der Waals surface area (Å²) in [6, 6.07) is 11.5. The zero-order valence-corrected chi connectivity index (χ0v) is 13.6. The molecule has 7 heteroatoms. The molecular formula is C16H13NO4S2. The summed E-state index contributed by atoms with van der Waals surface area (Å²) in [5.41, 5.74) is 0.883. The first-order chi connectivity index (χ1) is 11.0. The number of hydrogen-bond acceptors (Lipinski definition) is 5. The molecule has 5 nitrogen and oxygen atoms in total. The Kier molecular flexibility index (Phi) is 3.35. The van der Waals surface area contributed by atoms with Gasteiger partial charge in [-0.1, -0.05) is 12.1 Å². The smallest absolute Gasteiger partial charge is 0.259 e. The van der Waals surface area contributed by atoms with Gasteiger partial charge in [-0.3, -0.25) is 4.79 Å². The Morgan fingerprint density at radius 3 is 2.74 bits per heavy atom. The average molecular weight is 347 g/mol. The summed E-state index contributed by atoms with van der Waals surface area (Å²) in [4.78, 5) is 12.5. The van der Waals surface area contributed by atoms with Crippen molar-refractivity contribution in [3.8, 4) is 11.5 Å². The number of fused-ring (bicyclic) bond motifs is 2. The molecule has 4 rings (SSSR count). The van der Waals surface area contributed by atoms with E-state index < -0.39 is 9.84 Å². The highest BCUT2D eigenvalue weighted by Crippen LogP contribution is 2.38. The van der Waals surface area contributed by atoms with E-state index >= 15 is 0 Å². The van der Waals surface area contributed by atoms with Gasteiger partial charge >= 0.3 is 0 Å². The molecule has 1 atom stereocenters. The number of sulfone groups is 1. The predicted molar refractivity (Wildman–Crippen MR) is 89.2 cm³/mol. The minimum atomic E-state index is -3.37. The third-order valence-corrected chi connectivity index (χ3v) is 6.72. The average Bonchev–Trinajstić information content (AvgIpc) is 3.33. The van der Waals surface area contributed by atoms with Crippen molar-refractivity contribution < 1.29 is 17.9 Å². The molecular weight excluding hydrogens is 334 g/mol. The van der Waals surface area contributed by atoms with E-state index in [-0.39, 0.29) is 27.6 Å². The fourth-order valence-corrected chi connectivity index (χ4v) is 5.13. The van der Waals surface area contributed by atoms with E-state index in [0.29, 0.717) is 17.0 Å². The van der Waals surface area contributed by atoms with Crippen molar-refractivity contribution in [2.75, 3.05) is 16.8 Å². The topological polar surface area (TPSA) is 72.5 Å². The van der Waals surface area contributed by atoms with E-state index in [1.807, 2.05) is 0 Å². The van der Waals surface area contributed by atoms with Gasteiger partial charge in [-0.15, -0.1) is 0 Å². The van der Waals surface area contributed by atoms with Gasteiger partial charge in [0, 0.05) is 17.1 Å².